The molecule has 0 bridgehead atoms. The van der Waals surface area contributed by atoms with Gasteiger partial charge in [-0.15, -0.1) is 0 Å². The molecule has 0 aromatic rings. The van der Waals surface area contributed by atoms with E-state index in [0.29, 0.717) is 19.3 Å². The van der Waals surface area contributed by atoms with Crippen LogP contribution < -0.4 is 5.73 Å². The fourth-order valence-electron chi connectivity index (χ4n) is 0.447. The zero-order valence-corrected chi connectivity index (χ0v) is 6.02. The average Bonchev–Trinajstić information content (AvgIpc) is 1.84. The molecule has 0 aliphatic carbocycles. The predicted molar refractivity (Wildman–Crippen MR) is 37.7 cm³/mol. The molecule has 1 nitrogen and oxygen atoms in total. The summed E-state index contributed by atoms with van der Waals surface area (Å²) in [4.78, 5) is 0. The number of allylic oxidation sites excluding steroid dienone is 1. The maximum absolute atomic E-state index is 11.4. The van der Waals surface area contributed by atoms with Gasteiger partial charge in [0.1, 0.15) is 0 Å². The number of rotatable bonds is 3. The minimum atomic E-state index is 0.0442. The van der Waals surface area contributed by atoms with Crippen LogP contribution in [-0.4, -0.2) is 6.54 Å². The van der Waals surface area contributed by atoms with Crippen LogP contribution in [-0.2, 0) is 0 Å². The lowest BCUT2D eigenvalue weighted by Crippen LogP contribution is -2.22. The summed E-state index contributed by atoms with van der Waals surface area (Å²) in [5.74, 6) is 0. The summed E-state index contributed by atoms with van der Waals surface area (Å²) in [6.45, 7) is 4.61. The SMILES string of the molecule is CC(C)(CN)C/C=C/F. The number of halogens is 1. The van der Waals surface area contributed by atoms with Gasteiger partial charge in [0.25, 0.3) is 0 Å². The van der Waals surface area contributed by atoms with Crippen molar-refractivity contribution in [2.45, 2.75) is 20.3 Å². The van der Waals surface area contributed by atoms with Crippen LogP contribution in [0.3, 0.4) is 0 Å². The van der Waals surface area contributed by atoms with Crippen molar-refractivity contribution in [3.63, 3.8) is 0 Å². The highest BCUT2D eigenvalue weighted by molar-refractivity contribution is 4.82. The topological polar surface area (TPSA) is 26.0 Å². The zero-order chi connectivity index (χ0) is 7.33. The van der Waals surface area contributed by atoms with Crippen LogP contribution in [0.1, 0.15) is 20.3 Å². The van der Waals surface area contributed by atoms with Crippen LogP contribution in [0.2, 0.25) is 0 Å². The first-order valence-corrected chi connectivity index (χ1v) is 3.08. The molecule has 0 saturated carbocycles. The molecule has 0 radical (unpaired) electrons. The molecule has 0 aliphatic heterocycles. The fourth-order valence-corrected chi connectivity index (χ4v) is 0.447. The first kappa shape index (κ1) is 8.63. The van der Waals surface area contributed by atoms with Crippen molar-refractivity contribution in [3.05, 3.63) is 12.4 Å². The molecular formula is C7H14FN. The van der Waals surface area contributed by atoms with Crippen molar-refractivity contribution in [2.75, 3.05) is 6.54 Å². The largest absolute Gasteiger partial charge is 0.330 e. The second kappa shape index (κ2) is 3.62. The monoisotopic (exact) mass is 131 g/mol. The lowest BCUT2D eigenvalue weighted by atomic mass is 9.90. The second-order valence-electron chi connectivity index (χ2n) is 2.93. The molecule has 0 unspecified atom stereocenters. The van der Waals surface area contributed by atoms with E-state index in [4.69, 9.17) is 5.73 Å². The van der Waals surface area contributed by atoms with E-state index in [1.807, 2.05) is 13.8 Å². The van der Waals surface area contributed by atoms with Gasteiger partial charge < -0.3 is 5.73 Å². The summed E-state index contributed by atoms with van der Waals surface area (Å²) in [6.07, 6.45) is 2.77. The number of nitrogens with two attached hydrogens (primary N) is 1. The zero-order valence-electron chi connectivity index (χ0n) is 6.02. The van der Waals surface area contributed by atoms with E-state index in [0.717, 1.165) is 0 Å². The minimum Gasteiger partial charge on any atom is -0.330 e. The van der Waals surface area contributed by atoms with E-state index >= 15 is 0 Å². The Morgan fingerprint density at radius 3 is 2.44 bits per heavy atom. The van der Waals surface area contributed by atoms with Crippen molar-refractivity contribution in [3.8, 4) is 0 Å². The Morgan fingerprint density at radius 2 is 2.11 bits per heavy atom. The predicted octanol–water partition coefficient (Wildman–Crippen LogP) is 1.84. The quantitative estimate of drug-likeness (QED) is 0.621. The summed E-state index contributed by atoms with van der Waals surface area (Å²) in [5.41, 5.74) is 5.43. The average molecular weight is 131 g/mol. The third kappa shape index (κ3) is 4.15. The van der Waals surface area contributed by atoms with Gasteiger partial charge in [0, 0.05) is 0 Å². The Balaban J connectivity index is 3.58. The van der Waals surface area contributed by atoms with Crippen LogP contribution >= 0.6 is 0 Å². The molecule has 0 fully saturated rings. The molecule has 0 aromatic carbocycles. The standard InChI is InChI=1S/C7H14FN/c1-7(2,6-9)4-3-5-8/h3,5H,4,6,9H2,1-2H3/b5-3+. The van der Waals surface area contributed by atoms with Crippen LogP contribution in [0.5, 0.6) is 0 Å². The van der Waals surface area contributed by atoms with Crippen molar-refractivity contribution in [2.24, 2.45) is 11.1 Å². The lowest BCUT2D eigenvalue weighted by Gasteiger charge is -2.18. The van der Waals surface area contributed by atoms with Gasteiger partial charge in [-0.3, -0.25) is 0 Å². The number of hydrogen-bond acceptors (Lipinski definition) is 1. The Kier molecular flexibility index (Phi) is 3.47. The molecule has 0 atom stereocenters. The molecule has 2 heteroatoms. The van der Waals surface area contributed by atoms with Crippen LogP contribution in [0.15, 0.2) is 12.4 Å². The minimum absolute atomic E-state index is 0.0442. The maximum Gasteiger partial charge on any atom is 0.0827 e. The molecule has 0 heterocycles. The molecular weight excluding hydrogens is 117 g/mol. The summed E-state index contributed by atoms with van der Waals surface area (Å²) in [6, 6.07) is 0. The van der Waals surface area contributed by atoms with Crippen LogP contribution in [0.25, 0.3) is 0 Å². The smallest absolute Gasteiger partial charge is 0.0827 e. The summed E-state index contributed by atoms with van der Waals surface area (Å²) < 4.78 is 11.4. The maximum atomic E-state index is 11.4. The Hall–Kier alpha value is -0.370. The molecule has 2 N–H and O–H groups in total. The normalized spacial score (nSPS) is 12.9. The van der Waals surface area contributed by atoms with Crippen LogP contribution in [0, 0.1) is 5.41 Å². The van der Waals surface area contributed by atoms with Crippen molar-refractivity contribution >= 4 is 0 Å². The van der Waals surface area contributed by atoms with E-state index in [1.54, 1.807) is 0 Å². The van der Waals surface area contributed by atoms with E-state index in [2.05, 4.69) is 0 Å². The first-order chi connectivity index (χ1) is 4.12. The third-order valence-corrected chi connectivity index (χ3v) is 1.31. The van der Waals surface area contributed by atoms with Crippen molar-refractivity contribution < 1.29 is 4.39 Å². The molecule has 0 rings (SSSR count). The van der Waals surface area contributed by atoms with Gasteiger partial charge in [0.2, 0.25) is 0 Å². The molecule has 0 aliphatic rings. The van der Waals surface area contributed by atoms with Gasteiger partial charge in [-0.1, -0.05) is 19.9 Å². The highest BCUT2D eigenvalue weighted by atomic mass is 19.1. The summed E-state index contributed by atoms with van der Waals surface area (Å²) in [5, 5.41) is 0. The van der Waals surface area contributed by atoms with E-state index < -0.39 is 0 Å². The van der Waals surface area contributed by atoms with E-state index in [1.165, 1.54) is 6.08 Å². The summed E-state index contributed by atoms with van der Waals surface area (Å²) in [7, 11) is 0. The van der Waals surface area contributed by atoms with E-state index in [-0.39, 0.29) is 5.41 Å². The van der Waals surface area contributed by atoms with Crippen LogP contribution in [0.4, 0.5) is 4.39 Å². The van der Waals surface area contributed by atoms with Crippen molar-refractivity contribution in [1.82, 2.24) is 0 Å². The second-order valence-corrected chi connectivity index (χ2v) is 2.93. The van der Waals surface area contributed by atoms with Gasteiger partial charge in [0.15, 0.2) is 0 Å². The molecule has 9 heavy (non-hydrogen) atoms. The molecule has 0 amide bonds. The highest BCUT2D eigenvalue weighted by Gasteiger charge is 2.12. The third-order valence-electron chi connectivity index (χ3n) is 1.31. The first-order valence-electron chi connectivity index (χ1n) is 3.08. The Morgan fingerprint density at radius 1 is 1.56 bits per heavy atom. The molecule has 0 saturated heterocycles. The molecule has 0 spiro atoms. The lowest BCUT2D eigenvalue weighted by molar-refractivity contribution is 0.383. The summed E-state index contributed by atoms with van der Waals surface area (Å²) >= 11 is 0. The van der Waals surface area contributed by atoms with Gasteiger partial charge >= 0.3 is 0 Å². The highest BCUT2D eigenvalue weighted by Crippen LogP contribution is 2.18. The van der Waals surface area contributed by atoms with Gasteiger partial charge in [-0.05, 0) is 18.4 Å². The Labute approximate surface area is 55.7 Å². The fraction of sp³-hybridized carbons (Fsp3) is 0.714. The molecule has 0 aromatic heterocycles. The van der Waals surface area contributed by atoms with Crippen molar-refractivity contribution in [1.29, 1.82) is 0 Å². The van der Waals surface area contributed by atoms with Gasteiger partial charge in [0.05, 0.1) is 6.33 Å². The Bertz CT molecular complexity index is 97.1. The molecule has 54 valence electrons. The van der Waals surface area contributed by atoms with E-state index in [9.17, 15) is 4.39 Å². The number of hydrogen-bond donors (Lipinski definition) is 1. The van der Waals surface area contributed by atoms with Gasteiger partial charge in [-0.2, -0.15) is 0 Å². The van der Waals surface area contributed by atoms with Gasteiger partial charge in [-0.25, -0.2) is 4.39 Å².